The molecule has 0 heterocycles. The van der Waals surface area contributed by atoms with Gasteiger partial charge in [-0.25, -0.2) is 0 Å². The van der Waals surface area contributed by atoms with Gasteiger partial charge in [0.15, 0.2) is 0 Å². The standard InChI is InChI=1S/Cu.HNO3.3H2O/c;2-1(3)4;;;/h;(H,2,3,4);3*1H2/q+3;;;;/p-3. The van der Waals surface area contributed by atoms with Gasteiger partial charge in [0.25, 0.3) is 5.09 Å². The minimum absolute atomic E-state index is 1.50. The Morgan fingerprint density at radius 3 is 1.38 bits per heavy atom. The molecule has 0 fully saturated rings. The second-order valence-electron chi connectivity index (χ2n) is 0.419. The summed E-state index contributed by atoms with van der Waals surface area (Å²) in [7, 11) is 0. The summed E-state index contributed by atoms with van der Waals surface area (Å²) in [5.41, 5.74) is 0. The van der Waals surface area contributed by atoms with Gasteiger partial charge in [0.05, 0.1) is 0 Å². The predicted molar refractivity (Wildman–Crippen MR) is 15.4 cm³/mol. The Kier molecular flexibility index (Phi) is 8.71. The molecule has 0 radical (unpaired) electrons. The monoisotopic (exact) mass is 177 g/mol. The molecule has 0 aromatic heterocycles. The molecular weight excluding hydrogens is 174 g/mol. The third-order valence-electron chi connectivity index (χ3n) is 0. The van der Waals surface area contributed by atoms with Gasteiger partial charge in [-0.1, -0.05) is 0 Å². The van der Waals surface area contributed by atoms with E-state index in [1.54, 1.807) is 0 Å². The summed E-state index contributed by atoms with van der Waals surface area (Å²) >= 11 is -2.31. The molecule has 0 aliphatic rings. The van der Waals surface area contributed by atoms with E-state index in [0.29, 0.717) is 0 Å². The van der Waals surface area contributed by atoms with Crippen molar-refractivity contribution in [1.82, 2.24) is 0 Å². The molecule has 0 aliphatic heterocycles. The van der Waals surface area contributed by atoms with E-state index in [2.05, 4.69) is 0 Å². The van der Waals surface area contributed by atoms with Crippen LogP contribution in [0.1, 0.15) is 0 Å². The fourth-order valence-corrected chi connectivity index (χ4v) is 0. The summed E-state index contributed by atoms with van der Waals surface area (Å²) < 4.78 is 21.6. The average molecular weight is 178 g/mol. The zero-order valence-corrected chi connectivity index (χ0v) is 4.30. The van der Waals surface area contributed by atoms with Crippen LogP contribution < -0.4 is 0 Å². The number of nitrogens with zero attached hydrogens (tertiary/aromatic N) is 1. The molecule has 4 N–H and O–H groups in total. The van der Waals surface area contributed by atoms with Crippen molar-refractivity contribution in [2.24, 2.45) is 0 Å². The SMILES string of the molecule is O=[N+]([O-])O.[OH][Cu]([OH])[OH]. The first kappa shape index (κ1) is 10.6. The van der Waals surface area contributed by atoms with Crippen LogP contribution in [0.2, 0.25) is 0 Å². The van der Waals surface area contributed by atoms with Gasteiger partial charge in [-0.15, -0.1) is 10.1 Å². The van der Waals surface area contributed by atoms with Gasteiger partial charge in [-0.05, 0) is 0 Å². The molecule has 0 aromatic rings. The van der Waals surface area contributed by atoms with Gasteiger partial charge < -0.3 is 5.21 Å². The van der Waals surface area contributed by atoms with E-state index in [-0.39, 0.29) is 0 Å². The van der Waals surface area contributed by atoms with Crippen molar-refractivity contribution < 1.29 is 37.8 Å². The zero-order valence-electron chi connectivity index (χ0n) is 3.35. The Bertz CT molecular complexity index is 52.8. The van der Waals surface area contributed by atoms with Gasteiger partial charge >= 0.3 is 27.5 Å². The zero-order chi connectivity index (χ0) is 7.15. The van der Waals surface area contributed by atoms with Gasteiger partial charge in [-0.2, -0.15) is 0 Å². The van der Waals surface area contributed by atoms with Gasteiger partial charge in [0.1, 0.15) is 0 Å². The molecule has 0 saturated heterocycles. The van der Waals surface area contributed by atoms with Crippen LogP contribution in [-0.2, 0) is 14.9 Å². The van der Waals surface area contributed by atoms with Gasteiger partial charge in [-0.3, -0.25) is 0 Å². The van der Waals surface area contributed by atoms with Gasteiger partial charge in [0.2, 0.25) is 0 Å². The molecule has 0 unspecified atom stereocenters. The fourth-order valence-electron chi connectivity index (χ4n) is 0. The summed E-state index contributed by atoms with van der Waals surface area (Å²) in [5, 5.41) is 13.6. The molecule has 0 amide bonds. The van der Waals surface area contributed by atoms with Crippen molar-refractivity contribution in [2.75, 3.05) is 0 Å². The molecule has 0 saturated carbocycles. The first-order chi connectivity index (χ1) is 3.46. The van der Waals surface area contributed by atoms with Crippen molar-refractivity contribution in [2.45, 2.75) is 0 Å². The third kappa shape index (κ3) is 738. The maximum absolute atomic E-state index is 8.36. The predicted octanol–water partition coefficient (Wildman–Crippen LogP) is -2.02. The Morgan fingerprint density at radius 2 is 1.38 bits per heavy atom. The Balaban J connectivity index is 0. The molecule has 0 bridgehead atoms. The fraction of sp³-hybridized carbons (Fsp3) is 0. The summed E-state index contributed by atoms with van der Waals surface area (Å²) in [4.78, 5) is 8.36. The number of rotatable bonds is 0. The van der Waals surface area contributed by atoms with Gasteiger partial charge in [0, 0.05) is 0 Å². The molecule has 56 valence electrons. The normalized spacial score (nSPS) is 8.62. The molecule has 0 spiro atoms. The summed E-state index contributed by atoms with van der Waals surface area (Å²) in [6.07, 6.45) is 0. The molecule has 0 aliphatic carbocycles. The molecule has 0 rings (SSSR count). The van der Waals surface area contributed by atoms with Crippen LogP contribution in [0, 0.1) is 10.1 Å². The van der Waals surface area contributed by atoms with E-state index < -0.39 is 20.0 Å². The van der Waals surface area contributed by atoms with E-state index in [9.17, 15) is 0 Å². The van der Waals surface area contributed by atoms with Crippen LogP contribution in [0.3, 0.4) is 0 Å². The van der Waals surface area contributed by atoms with Crippen molar-refractivity contribution in [3.05, 3.63) is 10.1 Å². The van der Waals surface area contributed by atoms with E-state index in [1.165, 1.54) is 0 Å². The summed E-state index contributed by atoms with van der Waals surface area (Å²) in [5.74, 6) is 0. The molecule has 0 atom stereocenters. The average Bonchev–Trinajstić information content (AvgIpc) is 1.25. The van der Waals surface area contributed by atoms with Crippen LogP contribution in [0.5, 0.6) is 0 Å². The maximum atomic E-state index is 8.36. The second-order valence-corrected chi connectivity index (χ2v) is 0.984. The molecule has 8 heteroatoms. The van der Waals surface area contributed by atoms with E-state index in [0.717, 1.165) is 0 Å². The number of hydrogen-bond donors (Lipinski definition) is 4. The molecular formula is H4CuNO6. The number of hydrogen-bond acceptors (Lipinski definition) is 5. The molecule has 8 heavy (non-hydrogen) atoms. The second kappa shape index (κ2) is 6.60. The minimum atomic E-state index is -2.31. The third-order valence-corrected chi connectivity index (χ3v) is 0. The first-order valence-electron chi connectivity index (χ1n) is 0.970. The quantitative estimate of drug-likeness (QED) is 0.192. The van der Waals surface area contributed by atoms with Crippen LogP contribution >= 0.6 is 0 Å². The topological polar surface area (TPSA) is 124 Å². The van der Waals surface area contributed by atoms with E-state index in [4.69, 9.17) is 27.9 Å². The van der Waals surface area contributed by atoms with E-state index >= 15 is 0 Å². The van der Waals surface area contributed by atoms with Crippen molar-refractivity contribution in [3.8, 4) is 0 Å². The Hall–Kier alpha value is -0.401. The van der Waals surface area contributed by atoms with Crippen molar-refractivity contribution in [1.29, 1.82) is 0 Å². The molecule has 0 aromatic carbocycles. The van der Waals surface area contributed by atoms with Crippen LogP contribution in [-0.4, -0.2) is 22.9 Å². The summed E-state index contributed by atoms with van der Waals surface area (Å²) in [6.45, 7) is 0. The van der Waals surface area contributed by atoms with Crippen LogP contribution in [0.15, 0.2) is 0 Å². The molecule has 7 nitrogen and oxygen atoms in total. The first-order valence-corrected chi connectivity index (χ1v) is 2.23. The Labute approximate surface area is 48.8 Å². The van der Waals surface area contributed by atoms with Crippen molar-refractivity contribution >= 4 is 0 Å². The Morgan fingerprint density at radius 1 is 1.38 bits per heavy atom. The van der Waals surface area contributed by atoms with E-state index in [1.807, 2.05) is 0 Å². The summed E-state index contributed by atoms with van der Waals surface area (Å²) in [6, 6.07) is 0. The van der Waals surface area contributed by atoms with Crippen LogP contribution in [0.4, 0.5) is 0 Å². The van der Waals surface area contributed by atoms with Crippen LogP contribution in [0.25, 0.3) is 0 Å². The van der Waals surface area contributed by atoms with Crippen molar-refractivity contribution in [3.63, 3.8) is 0 Å².